The van der Waals surface area contributed by atoms with E-state index < -0.39 is 17.4 Å². The Hall–Kier alpha value is -1.65. The summed E-state index contributed by atoms with van der Waals surface area (Å²) < 4.78 is 9.63. The van der Waals surface area contributed by atoms with Gasteiger partial charge in [-0.05, 0) is 40.5 Å². The van der Waals surface area contributed by atoms with Crippen molar-refractivity contribution in [1.29, 1.82) is 0 Å². The molecule has 0 fully saturated rings. The van der Waals surface area contributed by atoms with Gasteiger partial charge in [0.25, 0.3) is 0 Å². The highest BCUT2D eigenvalue weighted by molar-refractivity contribution is 6.02. The van der Waals surface area contributed by atoms with E-state index in [1.807, 2.05) is 0 Å². The fourth-order valence-electron chi connectivity index (χ4n) is 1.45. The van der Waals surface area contributed by atoms with Crippen LogP contribution in [0.3, 0.4) is 0 Å². The van der Waals surface area contributed by atoms with Crippen molar-refractivity contribution in [3.8, 4) is 0 Å². The van der Waals surface area contributed by atoms with Crippen molar-refractivity contribution >= 4 is 17.7 Å². The second-order valence-electron chi connectivity index (χ2n) is 4.30. The molecule has 0 aliphatic carbocycles. The number of rotatable bonds is 8. The summed E-state index contributed by atoms with van der Waals surface area (Å²) >= 11 is 0. The Balaban J connectivity index is 4.49. The molecule has 0 N–H and O–H groups in total. The standard InChI is InChI=1S/C14H22O5/c1-5-18-12(16)9-7-8-10-14(4,11(3)15)13(17)19-6-2/h7,9H,5-6,8,10H2,1-4H3/b9-7+. The van der Waals surface area contributed by atoms with Gasteiger partial charge in [-0.15, -0.1) is 0 Å². The van der Waals surface area contributed by atoms with Gasteiger partial charge >= 0.3 is 11.9 Å². The highest BCUT2D eigenvalue weighted by Crippen LogP contribution is 2.26. The largest absolute Gasteiger partial charge is 0.465 e. The smallest absolute Gasteiger partial charge is 0.330 e. The average molecular weight is 270 g/mol. The summed E-state index contributed by atoms with van der Waals surface area (Å²) in [6.07, 6.45) is 3.62. The summed E-state index contributed by atoms with van der Waals surface area (Å²) in [7, 11) is 0. The molecule has 1 unspecified atom stereocenters. The number of carbonyl (C=O) groups is 3. The Kier molecular flexibility index (Phi) is 7.72. The first kappa shape index (κ1) is 17.4. The zero-order valence-electron chi connectivity index (χ0n) is 12.0. The Labute approximate surface area is 114 Å². The molecule has 0 aliphatic rings. The van der Waals surface area contributed by atoms with E-state index in [2.05, 4.69) is 0 Å². The van der Waals surface area contributed by atoms with E-state index in [0.717, 1.165) is 0 Å². The van der Waals surface area contributed by atoms with Crippen LogP contribution < -0.4 is 0 Å². The molecule has 5 heteroatoms. The van der Waals surface area contributed by atoms with E-state index in [1.54, 1.807) is 26.8 Å². The third kappa shape index (κ3) is 5.68. The maximum atomic E-state index is 11.8. The molecule has 5 nitrogen and oxygen atoms in total. The van der Waals surface area contributed by atoms with Crippen LogP contribution in [0, 0.1) is 5.41 Å². The highest BCUT2D eigenvalue weighted by Gasteiger charge is 2.38. The molecule has 0 rings (SSSR count). The Morgan fingerprint density at radius 3 is 2.16 bits per heavy atom. The predicted molar refractivity (Wildman–Crippen MR) is 70.4 cm³/mol. The summed E-state index contributed by atoms with van der Waals surface area (Å²) in [6, 6.07) is 0. The van der Waals surface area contributed by atoms with Gasteiger partial charge < -0.3 is 9.47 Å². The maximum absolute atomic E-state index is 11.8. The van der Waals surface area contributed by atoms with Crippen LogP contribution in [-0.4, -0.2) is 30.9 Å². The first-order valence-corrected chi connectivity index (χ1v) is 6.40. The summed E-state index contributed by atoms with van der Waals surface area (Å²) in [5, 5.41) is 0. The minimum Gasteiger partial charge on any atom is -0.465 e. The quantitative estimate of drug-likeness (QED) is 0.383. The van der Waals surface area contributed by atoms with Gasteiger partial charge in [-0.1, -0.05) is 6.08 Å². The van der Waals surface area contributed by atoms with Crippen LogP contribution in [0.4, 0.5) is 0 Å². The number of carbonyl (C=O) groups excluding carboxylic acids is 3. The van der Waals surface area contributed by atoms with Crippen LogP contribution in [0.2, 0.25) is 0 Å². The number of ether oxygens (including phenoxy) is 2. The van der Waals surface area contributed by atoms with Crippen molar-refractivity contribution in [2.24, 2.45) is 5.41 Å². The van der Waals surface area contributed by atoms with Crippen molar-refractivity contribution in [3.05, 3.63) is 12.2 Å². The molecule has 0 aromatic carbocycles. The molecule has 0 bridgehead atoms. The van der Waals surface area contributed by atoms with E-state index in [1.165, 1.54) is 13.0 Å². The number of hydrogen-bond donors (Lipinski definition) is 0. The minimum absolute atomic E-state index is 0.236. The van der Waals surface area contributed by atoms with E-state index >= 15 is 0 Å². The normalized spacial score (nSPS) is 13.9. The zero-order valence-corrected chi connectivity index (χ0v) is 12.0. The lowest BCUT2D eigenvalue weighted by molar-refractivity contribution is -0.158. The first-order valence-electron chi connectivity index (χ1n) is 6.40. The first-order chi connectivity index (χ1) is 8.88. The fraction of sp³-hybridized carbons (Fsp3) is 0.643. The third-order valence-corrected chi connectivity index (χ3v) is 2.85. The Bertz CT molecular complexity index is 359. The van der Waals surface area contributed by atoms with Crippen LogP contribution >= 0.6 is 0 Å². The van der Waals surface area contributed by atoms with Crippen molar-refractivity contribution in [1.82, 2.24) is 0 Å². The van der Waals surface area contributed by atoms with Gasteiger partial charge in [0, 0.05) is 6.08 Å². The minimum atomic E-state index is -1.16. The summed E-state index contributed by atoms with van der Waals surface area (Å²) in [5.74, 6) is -1.19. The summed E-state index contributed by atoms with van der Waals surface area (Å²) in [5.41, 5.74) is -1.16. The number of Topliss-reactive ketones (excluding diaryl/α,β-unsaturated/α-hetero) is 1. The number of ketones is 1. The molecule has 0 saturated heterocycles. The topological polar surface area (TPSA) is 69.7 Å². The lowest BCUT2D eigenvalue weighted by Crippen LogP contribution is -2.36. The zero-order chi connectivity index (χ0) is 14.9. The number of allylic oxidation sites excluding steroid dienone is 1. The Morgan fingerprint density at radius 2 is 1.68 bits per heavy atom. The molecule has 0 spiro atoms. The number of hydrogen-bond acceptors (Lipinski definition) is 5. The second-order valence-corrected chi connectivity index (χ2v) is 4.30. The second kappa shape index (κ2) is 8.45. The molecule has 0 aromatic rings. The molecule has 19 heavy (non-hydrogen) atoms. The van der Waals surface area contributed by atoms with Crippen LogP contribution in [0.25, 0.3) is 0 Å². The molecule has 1 atom stereocenters. The molecule has 108 valence electrons. The summed E-state index contributed by atoms with van der Waals surface area (Å²) in [6.45, 7) is 6.90. The summed E-state index contributed by atoms with van der Waals surface area (Å²) in [4.78, 5) is 34.4. The van der Waals surface area contributed by atoms with E-state index in [0.29, 0.717) is 19.4 Å². The van der Waals surface area contributed by atoms with E-state index in [4.69, 9.17) is 9.47 Å². The molecule has 0 heterocycles. The monoisotopic (exact) mass is 270 g/mol. The van der Waals surface area contributed by atoms with Crippen LogP contribution in [0.1, 0.15) is 40.5 Å². The van der Waals surface area contributed by atoms with E-state index in [9.17, 15) is 14.4 Å². The van der Waals surface area contributed by atoms with Crippen molar-refractivity contribution in [3.63, 3.8) is 0 Å². The SMILES string of the molecule is CCOC(=O)/C=C/CCC(C)(C(C)=O)C(=O)OCC. The van der Waals surface area contributed by atoms with Crippen LogP contribution in [0.5, 0.6) is 0 Å². The van der Waals surface area contributed by atoms with Gasteiger partial charge in [-0.3, -0.25) is 9.59 Å². The lowest BCUT2D eigenvalue weighted by Gasteiger charge is -2.23. The maximum Gasteiger partial charge on any atom is 0.330 e. The van der Waals surface area contributed by atoms with Gasteiger partial charge in [-0.25, -0.2) is 4.79 Å². The van der Waals surface area contributed by atoms with Crippen molar-refractivity contribution in [2.75, 3.05) is 13.2 Å². The van der Waals surface area contributed by atoms with Gasteiger partial charge in [0.2, 0.25) is 0 Å². The molecule has 0 amide bonds. The fourth-order valence-corrected chi connectivity index (χ4v) is 1.45. The number of esters is 2. The van der Waals surface area contributed by atoms with Crippen LogP contribution in [0.15, 0.2) is 12.2 Å². The van der Waals surface area contributed by atoms with Crippen LogP contribution in [-0.2, 0) is 23.9 Å². The van der Waals surface area contributed by atoms with E-state index in [-0.39, 0.29) is 12.4 Å². The molecular formula is C14H22O5. The van der Waals surface area contributed by atoms with Gasteiger partial charge in [0.15, 0.2) is 0 Å². The predicted octanol–water partition coefficient (Wildman–Crippen LogP) is 2.04. The van der Waals surface area contributed by atoms with Gasteiger partial charge in [-0.2, -0.15) is 0 Å². The Morgan fingerprint density at radius 1 is 1.11 bits per heavy atom. The van der Waals surface area contributed by atoms with Crippen molar-refractivity contribution in [2.45, 2.75) is 40.5 Å². The highest BCUT2D eigenvalue weighted by atomic mass is 16.5. The van der Waals surface area contributed by atoms with Gasteiger partial charge in [0.05, 0.1) is 13.2 Å². The van der Waals surface area contributed by atoms with Gasteiger partial charge in [0.1, 0.15) is 11.2 Å². The molecule has 0 aromatic heterocycles. The molecule has 0 radical (unpaired) electrons. The van der Waals surface area contributed by atoms with Crippen molar-refractivity contribution < 1.29 is 23.9 Å². The molecule has 0 saturated carbocycles. The third-order valence-electron chi connectivity index (χ3n) is 2.85. The molecular weight excluding hydrogens is 248 g/mol. The average Bonchev–Trinajstić information content (AvgIpc) is 2.34. The lowest BCUT2D eigenvalue weighted by atomic mass is 9.81. The molecule has 0 aliphatic heterocycles.